The quantitative estimate of drug-likeness (QED) is 0.780. The van der Waals surface area contributed by atoms with Gasteiger partial charge in [-0.15, -0.1) is 0 Å². The Labute approximate surface area is 172 Å². The average molecular weight is 398 g/mol. The number of hydrogen-bond donors (Lipinski definition) is 1. The van der Waals surface area contributed by atoms with Crippen molar-refractivity contribution in [2.24, 2.45) is 5.92 Å². The minimum atomic E-state index is -0.737. The number of carbonyl (C=O) groups is 2. The predicted octanol–water partition coefficient (Wildman–Crippen LogP) is 2.73. The van der Waals surface area contributed by atoms with Gasteiger partial charge in [-0.1, -0.05) is 6.07 Å². The Morgan fingerprint density at radius 3 is 2.69 bits per heavy atom. The van der Waals surface area contributed by atoms with Crippen LogP contribution in [0.15, 0.2) is 18.2 Å². The second-order valence-electron chi connectivity index (χ2n) is 9.43. The van der Waals surface area contributed by atoms with E-state index in [0.717, 1.165) is 32.2 Å². The molecule has 6 heteroatoms. The number of carbonyl (C=O) groups excluding carboxylic acids is 2. The Balaban J connectivity index is 1.67. The number of phenols is 1. The molecular formula is C23H31N3O3. The molecule has 1 spiro atoms. The van der Waals surface area contributed by atoms with Crippen LogP contribution in [-0.4, -0.2) is 70.0 Å². The van der Waals surface area contributed by atoms with Gasteiger partial charge < -0.3 is 14.9 Å². The highest BCUT2D eigenvalue weighted by atomic mass is 16.3. The first-order valence-electron chi connectivity index (χ1n) is 11.0. The lowest BCUT2D eigenvalue weighted by Gasteiger charge is -2.61. The second kappa shape index (κ2) is 6.21. The minimum Gasteiger partial charge on any atom is -0.508 e. The number of imide groups is 1. The van der Waals surface area contributed by atoms with Gasteiger partial charge in [0.15, 0.2) is 0 Å². The third-order valence-corrected chi connectivity index (χ3v) is 8.44. The summed E-state index contributed by atoms with van der Waals surface area (Å²) in [6.07, 6.45) is 4.33. The molecule has 1 aromatic carbocycles. The molecule has 2 heterocycles. The minimum absolute atomic E-state index is 0.0116. The summed E-state index contributed by atoms with van der Waals surface area (Å²) in [7, 11) is 2.21. The highest BCUT2D eigenvalue weighted by molar-refractivity contribution is 6.07. The molecule has 1 N–H and O–H groups in total. The molecule has 0 unspecified atom stereocenters. The van der Waals surface area contributed by atoms with Gasteiger partial charge in [0.05, 0.1) is 0 Å². The maximum absolute atomic E-state index is 13.6. The van der Waals surface area contributed by atoms with Crippen LogP contribution in [0, 0.1) is 5.92 Å². The molecular weight excluding hydrogens is 366 g/mol. The molecule has 2 aliphatic carbocycles. The summed E-state index contributed by atoms with van der Waals surface area (Å²) in [6.45, 7) is 5.82. The summed E-state index contributed by atoms with van der Waals surface area (Å²) in [6, 6.07) is 6.12. The van der Waals surface area contributed by atoms with Gasteiger partial charge in [-0.2, -0.15) is 0 Å². The van der Waals surface area contributed by atoms with Crippen LogP contribution < -0.4 is 0 Å². The summed E-state index contributed by atoms with van der Waals surface area (Å²) in [5, 5.41) is 10.3. The number of benzene rings is 1. The molecule has 0 aromatic heterocycles. The number of rotatable bonds is 2. The van der Waals surface area contributed by atoms with Crippen LogP contribution in [0.1, 0.15) is 50.7 Å². The number of amides is 3. The van der Waals surface area contributed by atoms with Crippen molar-refractivity contribution in [3.8, 4) is 5.75 Å². The van der Waals surface area contributed by atoms with Crippen LogP contribution >= 0.6 is 0 Å². The average Bonchev–Trinajstić information content (AvgIpc) is 2.90. The van der Waals surface area contributed by atoms with Gasteiger partial charge in [0.2, 0.25) is 0 Å². The molecule has 2 saturated heterocycles. The lowest BCUT2D eigenvalue weighted by Crippen LogP contribution is -2.66. The summed E-state index contributed by atoms with van der Waals surface area (Å²) < 4.78 is 0. The van der Waals surface area contributed by atoms with Gasteiger partial charge in [0, 0.05) is 24.5 Å². The highest BCUT2D eigenvalue weighted by Crippen LogP contribution is 2.60. The Hall–Kier alpha value is -2.08. The van der Waals surface area contributed by atoms with Crippen molar-refractivity contribution in [2.75, 3.05) is 26.7 Å². The van der Waals surface area contributed by atoms with E-state index < -0.39 is 5.54 Å². The molecule has 2 bridgehead atoms. The fraction of sp³-hybridized carbons (Fsp3) is 0.652. The smallest absolute Gasteiger partial charge is 0.327 e. The van der Waals surface area contributed by atoms with Crippen LogP contribution in [-0.2, 0) is 16.6 Å². The predicted molar refractivity (Wildman–Crippen MR) is 110 cm³/mol. The summed E-state index contributed by atoms with van der Waals surface area (Å²) >= 11 is 0. The molecule has 1 aromatic rings. The number of hydrogen-bond acceptors (Lipinski definition) is 4. The van der Waals surface area contributed by atoms with E-state index in [0.29, 0.717) is 37.2 Å². The third-order valence-electron chi connectivity index (χ3n) is 8.44. The van der Waals surface area contributed by atoms with Crippen molar-refractivity contribution in [1.82, 2.24) is 14.7 Å². The van der Waals surface area contributed by atoms with Gasteiger partial charge >= 0.3 is 6.03 Å². The molecule has 1 saturated carbocycles. The zero-order valence-corrected chi connectivity index (χ0v) is 17.6. The van der Waals surface area contributed by atoms with E-state index in [4.69, 9.17) is 0 Å². The van der Waals surface area contributed by atoms with Crippen LogP contribution in [0.2, 0.25) is 0 Å². The Morgan fingerprint density at radius 1 is 1.17 bits per heavy atom. The molecule has 29 heavy (non-hydrogen) atoms. The number of aromatic hydroxyl groups is 1. The third kappa shape index (κ3) is 2.26. The molecule has 5 rings (SSSR count). The summed E-state index contributed by atoms with van der Waals surface area (Å²) in [5.74, 6) is 0.742. The van der Waals surface area contributed by atoms with Crippen molar-refractivity contribution in [2.45, 2.75) is 62.9 Å². The number of piperidine rings is 1. The van der Waals surface area contributed by atoms with Crippen molar-refractivity contribution in [3.05, 3.63) is 29.3 Å². The fourth-order valence-electron chi connectivity index (χ4n) is 7.17. The first-order chi connectivity index (χ1) is 13.9. The maximum atomic E-state index is 13.6. The van der Waals surface area contributed by atoms with Gasteiger partial charge in [0.1, 0.15) is 11.3 Å². The SMILES string of the molecule is CCN1C(=O)N(CC)[C@]2(CC[C@H]3[C@H]4Cc5ccc(O)cc5[C@@]3(CCN4C)C2)C1=O. The van der Waals surface area contributed by atoms with E-state index >= 15 is 0 Å². The van der Waals surface area contributed by atoms with Crippen LogP contribution in [0.5, 0.6) is 5.75 Å². The number of fused-ring (bicyclic) bond motifs is 1. The van der Waals surface area contributed by atoms with Crippen LogP contribution in [0.4, 0.5) is 4.79 Å². The van der Waals surface area contributed by atoms with Crippen molar-refractivity contribution in [3.63, 3.8) is 0 Å². The standard InChI is InChI=1S/C23H31N3O3/c1-4-25-20(28)23(26(5-2)21(25)29)9-8-17-19-12-15-6-7-16(27)13-18(15)22(17,14-23)10-11-24(19)3/h6-7,13,17,19,27H,4-5,8-12,14H2,1-3H3/t17-,19+,22-,23-/m0/s1. The van der Waals surface area contributed by atoms with Gasteiger partial charge in [-0.3, -0.25) is 9.69 Å². The van der Waals surface area contributed by atoms with Crippen molar-refractivity contribution >= 4 is 11.9 Å². The lowest BCUT2D eigenvalue weighted by atomic mass is 9.49. The van der Waals surface area contributed by atoms with E-state index in [-0.39, 0.29) is 17.4 Å². The Morgan fingerprint density at radius 2 is 1.97 bits per heavy atom. The highest BCUT2D eigenvalue weighted by Gasteiger charge is 2.65. The normalized spacial score (nSPS) is 36.5. The molecule has 4 atom stereocenters. The number of likely N-dealkylation sites (tertiary alicyclic amines) is 1. The number of phenolic OH excluding ortho intramolecular Hbond substituents is 1. The van der Waals surface area contributed by atoms with E-state index in [1.54, 1.807) is 6.07 Å². The fourth-order valence-corrected chi connectivity index (χ4v) is 7.17. The summed E-state index contributed by atoms with van der Waals surface area (Å²) in [4.78, 5) is 32.4. The molecule has 4 aliphatic rings. The van der Waals surface area contributed by atoms with Gasteiger partial charge in [-0.25, -0.2) is 4.79 Å². The maximum Gasteiger partial charge on any atom is 0.327 e. The summed E-state index contributed by atoms with van der Waals surface area (Å²) in [5.41, 5.74) is 1.62. The molecule has 6 nitrogen and oxygen atoms in total. The first-order valence-corrected chi connectivity index (χ1v) is 11.0. The molecule has 3 fully saturated rings. The van der Waals surface area contributed by atoms with E-state index in [1.165, 1.54) is 16.0 Å². The Kier molecular flexibility index (Phi) is 4.05. The van der Waals surface area contributed by atoms with Crippen LogP contribution in [0.3, 0.4) is 0 Å². The van der Waals surface area contributed by atoms with E-state index in [9.17, 15) is 14.7 Å². The van der Waals surface area contributed by atoms with E-state index in [2.05, 4.69) is 18.0 Å². The zero-order valence-electron chi connectivity index (χ0n) is 17.6. The zero-order chi connectivity index (χ0) is 20.6. The lowest BCUT2D eigenvalue weighted by molar-refractivity contribution is -0.139. The monoisotopic (exact) mass is 397 g/mol. The second-order valence-corrected chi connectivity index (χ2v) is 9.43. The van der Waals surface area contributed by atoms with Crippen LogP contribution in [0.25, 0.3) is 0 Å². The molecule has 3 amide bonds. The molecule has 2 aliphatic heterocycles. The molecule has 156 valence electrons. The molecule has 0 radical (unpaired) electrons. The van der Waals surface area contributed by atoms with E-state index in [1.807, 2.05) is 24.8 Å². The van der Waals surface area contributed by atoms with Crippen molar-refractivity contribution in [1.29, 1.82) is 0 Å². The topological polar surface area (TPSA) is 64.1 Å². The van der Waals surface area contributed by atoms with Gasteiger partial charge in [0.25, 0.3) is 5.91 Å². The first kappa shape index (κ1) is 18.9. The number of likely N-dealkylation sites (N-methyl/N-ethyl adjacent to an activating group) is 3. The largest absolute Gasteiger partial charge is 0.508 e. The number of nitrogens with zero attached hydrogens (tertiary/aromatic N) is 3. The van der Waals surface area contributed by atoms with Crippen molar-refractivity contribution < 1.29 is 14.7 Å². The number of urea groups is 1. The van der Waals surface area contributed by atoms with Gasteiger partial charge in [-0.05, 0) is 88.7 Å². The Bertz CT molecular complexity index is 886.